The maximum absolute atomic E-state index is 13.8. The predicted molar refractivity (Wildman–Crippen MR) is 112 cm³/mol. The molecule has 4 rings (SSSR count). The maximum Gasteiger partial charge on any atom is 0.387 e. The summed E-state index contributed by atoms with van der Waals surface area (Å²) in [4.78, 5) is 20.0. The van der Waals surface area contributed by atoms with Gasteiger partial charge in [0.2, 0.25) is 5.91 Å². The van der Waals surface area contributed by atoms with Gasteiger partial charge in [0.05, 0.1) is 11.6 Å². The molecule has 2 fully saturated rings. The quantitative estimate of drug-likeness (QED) is 0.738. The molecule has 0 spiro atoms. The summed E-state index contributed by atoms with van der Waals surface area (Å²) in [5.74, 6) is 0.460. The van der Waals surface area contributed by atoms with E-state index in [1.54, 1.807) is 6.07 Å². The second kappa shape index (κ2) is 9.36. The van der Waals surface area contributed by atoms with Crippen LogP contribution in [-0.2, 0) is 22.5 Å². The van der Waals surface area contributed by atoms with Gasteiger partial charge in [-0.05, 0) is 49.7 Å². The molecule has 172 valence electrons. The molecule has 1 N–H and O–H groups in total. The van der Waals surface area contributed by atoms with Crippen molar-refractivity contribution in [3.05, 3.63) is 23.5 Å². The Hall–Kier alpha value is -1.80. The van der Waals surface area contributed by atoms with E-state index in [9.17, 15) is 13.6 Å². The second-order valence-corrected chi connectivity index (χ2v) is 9.44. The van der Waals surface area contributed by atoms with E-state index in [-0.39, 0.29) is 23.0 Å². The van der Waals surface area contributed by atoms with Gasteiger partial charge >= 0.3 is 6.61 Å². The van der Waals surface area contributed by atoms with E-state index in [1.165, 1.54) is 6.20 Å². The lowest BCUT2D eigenvalue weighted by atomic mass is 9.74. The van der Waals surface area contributed by atoms with Gasteiger partial charge in [0, 0.05) is 50.5 Å². The summed E-state index contributed by atoms with van der Waals surface area (Å²) in [7, 11) is 0. The van der Waals surface area contributed by atoms with Crippen LogP contribution in [0.15, 0.2) is 12.3 Å². The Balaban J connectivity index is 1.45. The molecule has 0 radical (unpaired) electrons. The Labute approximate surface area is 182 Å². The molecule has 3 heterocycles. The molecular formula is C23H33F2N3O3. The van der Waals surface area contributed by atoms with Gasteiger partial charge < -0.3 is 19.7 Å². The van der Waals surface area contributed by atoms with Crippen LogP contribution in [0.3, 0.4) is 0 Å². The van der Waals surface area contributed by atoms with Crippen LogP contribution in [0.5, 0.6) is 5.75 Å². The summed E-state index contributed by atoms with van der Waals surface area (Å²) >= 11 is 0. The molecule has 3 aliphatic rings. The molecule has 2 atom stereocenters. The normalized spacial score (nSPS) is 27.0. The highest BCUT2D eigenvalue weighted by molar-refractivity contribution is 5.83. The Morgan fingerprint density at radius 3 is 2.77 bits per heavy atom. The third-order valence-corrected chi connectivity index (χ3v) is 7.30. The molecule has 1 aliphatic carbocycles. The number of fused-ring (bicyclic) bond motifs is 1. The summed E-state index contributed by atoms with van der Waals surface area (Å²) in [6.07, 6.45) is 6.74. The van der Waals surface area contributed by atoms with Crippen LogP contribution in [0.25, 0.3) is 0 Å². The standard InChI is InChI=1S/C23H33F2N3O3/c1-15(2)23(7-3-18(12-23)27-17-5-9-30-10-6-17)21(29)28-8-4-20-16(14-28)11-19(13-26-20)31-22(24)25/h11,13,15,17-18,22,27H,3-10,12,14H2,1-2H3/t18-,23+/m1/s1. The Kier molecular flexibility index (Phi) is 6.77. The zero-order chi connectivity index (χ0) is 22.0. The van der Waals surface area contributed by atoms with E-state index in [1.807, 2.05) is 4.90 Å². The highest BCUT2D eigenvalue weighted by Crippen LogP contribution is 2.46. The summed E-state index contributed by atoms with van der Waals surface area (Å²) in [5.41, 5.74) is 1.27. The molecule has 8 heteroatoms. The molecule has 1 aromatic rings. The number of amides is 1. The summed E-state index contributed by atoms with van der Waals surface area (Å²) in [6.45, 7) is 4.01. The lowest BCUT2D eigenvalue weighted by Crippen LogP contribution is -2.49. The number of ether oxygens (including phenoxy) is 2. The number of carbonyl (C=O) groups excluding carboxylic acids is 1. The second-order valence-electron chi connectivity index (χ2n) is 9.44. The van der Waals surface area contributed by atoms with Crippen LogP contribution in [0.1, 0.15) is 57.2 Å². The molecule has 0 unspecified atom stereocenters. The summed E-state index contributed by atoms with van der Waals surface area (Å²) < 4.78 is 35.1. The Bertz CT molecular complexity index is 785. The zero-order valence-corrected chi connectivity index (χ0v) is 18.4. The summed E-state index contributed by atoms with van der Waals surface area (Å²) in [5, 5.41) is 3.78. The molecule has 0 bridgehead atoms. The number of nitrogens with zero attached hydrogens (tertiary/aromatic N) is 2. The minimum Gasteiger partial charge on any atom is -0.433 e. The highest BCUT2D eigenvalue weighted by Gasteiger charge is 2.49. The minimum absolute atomic E-state index is 0.0446. The third kappa shape index (κ3) is 4.85. The van der Waals surface area contributed by atoms with Gasteiger partial charge in [-0.3, -0.25) is 9.78 Å². The van der Waals surface area contributed by atoms with Gasteiger partial charge in [-0.25, -0.2) is 0 Å². The molecule has 0 aromatic carbocycles. The number of pyridine rings is 1. The fourth-order valence-corrected chi connectivity index (χ4v) is 5.44. The van der Waals surface area contributed by atoms with Crippen molar-refractivity contribution in [2.24, 2.45) is 11.3 Å². The largest absolute Gasteiger partial charge is 0.433 e. The van der Waals surface area contributed by atoms with Crippen molar-refractivity contribution < 1.29 is 23.0 Å². The van der Waals surface area contributed by atoms with Crippen molar-refractivity contribution >= 4 is 5.91 Å². The smallest absolute Gasteiger partial charge is 0.387 e. The van der Waals surface area contributed by atoms with E-state index >= 15 is 0 Å². The minimum atomic E-state index is -2.89. The number of aromatic nitrogens is 1. The summed E-state index contributed by atoms with van der Waals surface area (Å²) in [6, 6.07) is 2.41. The number of alkyl halides is 2. The number of rotatable bonds is 6. The van der Waals surface area contributed by atoms with Crippen molar-refractivity contribution in [3.63, 3.8) is 0 Å². The fraction of sp³-hybridized carbons (Fsp3) is 0.739. The first-order chi connectivity index (χ1) is 14.9. The van der Waals surface area contributed by atoms with Crippen LogP contribution in [0, 0.1) is 11.3 Å². The van der Waals surface area contributed by atoms with Crippen molar-refractivity contribution in [2.45, 2.75) is 77.6 Å². The van der Waals surface area contributed by atoms with Crippen molar-refractivity contribution in [1.82, 2.24) is 15.2 Å². The molecule has 31 heavy (non-hydrogen) atoms. The van der Waals surface area contributed by atoms with Gasteiger partial charge in [0.1, 0.15) is 5.75 Å². The van der Waals surface area contributed by atoms with Gasteiger partial charge in [0.25, 0.3) is 0 Å². The van der Waals surface area contributed by atoms with Gasteiger partial charge in [-0.15, -0.1) is 0 Å². The van der Waals surface area contributed by atoms with Crippen LogP contribution >= 0.6 is 0 Å². The predicted octanol–water partition coefficient (Wildman–Crippen LogP) is 3.53. The van der Waals surface area contributed by atoms with Crippen molar-refractivity contribution in [2.75, 3.05) is 19.8 Å². The lowest BCUT2D eigenvalue weighted by molar-refractivity contribution is -0.146. The lowest BCUT2D eigenvalue weighted by Gasteiger charge is -2.39. The molecule has 1 aromatic heterocycles. The first-order valence-electron chi connectivity index (χ1n) is 11.4. The van der Waals surface area contributed by atoms with Crippen molar-refractivity contribution in [1.29, 1.82) is 0 Å². The zero-order valence-electron chi connectivity index (χ0n) is 18.4. The third-order valence-electron chi connectivity index (χ3n) is 7.30. The van der Waals surface area contributed by atoms with Crippen molar-refractivity contribution in [3.8, 4) is 5.75 Å². The SMILES string of the molecule is CC(C)[C@]1(C(=O)N2CCc3ncc(OC(F)F)cc3C2)CC[C@@H](NC2CCOCC2)C1. The van der Waals surface area contributed by atoms with Gasteiger partial charge in [0.15, 0.2) is 0 Å². The van der Waals surface area contributed by atoms with Crippen LogP contribution in [0.2, 0.25) is 0 Å². The first-order valence-corrected chi connectivity index (χ1v) is 11.4. The highest BCUT2D eigenvalue weighted by atomic mass is 19.3. The average molecular weight is 438 g/mol. The molecule has 2 aliphatic heterocycles. The first kappa shape index (κ1) is 22.4. The van der Waals surface area contributed by atoms with Crippen LogP contribution < -0.4 is 10.1 Å². The Morgan fingerprint density at radius 1 is 1.29 bits per heavy atom. The van der Waals surface area contributed by atoms with E-state index in [2.05, 4.69) is 28.9 Å². The van der Waals surface area contributed by atoms with E-state index in [0.717, 1.165) is 56.6 Å². The maximum atomic E-state index is 13.8. The topological polar surface area (TPSA) is 63.7 Å². The molecular weight excluding hydrogens is 404 g/mol. The van der Waals surface area contributed by atoms with Crippen LogP contribution in [0.4, 0.5) is 8.78 Å². The van der Waals surface area contributed by atoms with Gasteiger partial charge in [-0.1, -0.05) is 13.8 Å². The molecule has 6 nitrogen and oxygen atoms in total. The van der Waals surface area contributed by atoms with E-state index in [4.69, 9.17) is 4.74 Å². The van der Waals surface area contributed by atoms with E-state index in [0.29, 0.717) is 31.6 Å². The molecule has 1 saturated carbocycles. The number of halogens is 2. The monoisotopic (exact) mass is 437 g/mol. The van der Waals surface area contributed by atoms with Gasteiger partial charge in [-0.2, -0.15) is 8.78 Å². The number of hydrogen-bond acceptors (Lipinski definition) is 5. The molecule has 1 amide bonds. The fourth-order valence-electron chi connectivity index (χ4n) is 5.44. The number of nitrogens with one attached hydrogen (secondary N) is 1. The number of hydrogen-bond donors (Lipinski definition) is 1. The van der Waals surface area contributed by atoms with E-state index < -0.39 is 6.61 Å². The van der Waals surface area contributed by atoms with Crippen LogP contribution in [-0.4, -0.2) is 54.2 Å². The number of carbonyl (C=O) groups is 1. The Morgan fingerprint density at radius 2 is 2.06 bits per heavy atom. The molecule has 1 saturated heterocycles. The average Bonchev–Trinajstić information content (AvgIpc) is 3.18.